The van der Waals surface area contributed by atoms with Crippen LogP contribution < -0.4 is 5.32 Å². The first-order valence-electron chi connectivity index (χ1n) is 9.38. The molecule has 0 spiro atoms. The zero-order valence-electron chi connectivity index (χ0n) is 14.7. The van der Waals surface area contributed by atoms with Crippen LogP contribution in [0.1, 0.15) is 42.9 Å². The summed E-state index contributed by atoms with van der Waals surface area (Å²) in [5.41, 5.74) is 3.77. The molecule has 0 atom stereocenters. The fourth-order valence-corrected chi connectivity index (χ4v) is 3.55. The fourth-order valence-electron chi connectivity index (χ4n) is 3.55. The lowest BCUT2D eigenvalue weighted by molar-refractivity contribution is 0.150. The third-order valence-electron chi connectivity index (χ3n) is 5.00. The second kappa shape index (κ2) is 7.83. The molecule has 0 aliphatic carbocycles. The molecule has 0 fully saturated rings. The molecule has 0 unspecified atom stereocenters. The van der Waals surface area contributed by atoms with E-state index in [0.717, 1.165) is 62.9 Å². The first-order valence-corrected chi connectivity index (χ1v) is 9.38. The number of hydrogen-bond acceptors (Lipinski definition) is 4. The van der Waals surface area contributed by atoms with Crippen LogP contribution in [0, 0.1) is 0 Å². The molecule has 1 aromatic heterocycles. The average Bonchev–Trinajstić information content (AvgIpc) is 2.89. The van der Waals surface area contributed by atoms with Gasteiger partial charge in [0.25, 0.3) is 0 Å². The van der Waals surface area contributed by atoms with Gasteiger partial charge in [0.15, 0.2) is 0 Å². The molecule has 5 nitrogen and oxygen atoms in total. The molecule has 0 amide bonds. The maximum Gasteiger partial charge on any atom is 0.137 e. The summed E-state index contributed by atoms with van der Waals surface area (Å²) < 4.78 is 7.81. The smallest absolute Gasteiger partial charge is 0.137 e. The topological polar surface area (TPSA) is 52.0 Å². The first-order chi connectivity index (χ1) is 12.4. The number of aryl methyl sites for hydroxylation is 1. The van der Waals surface area contributed by atoms with Gasteiger partial charge in [-0.2, -0.15) is 0 Å². The molecule has 0 radical (unpaired) electrons. The molecular weight excluding hydrogens is 312 g/mol. The molecule has 1 N–H and O–H groups in total. The fraction of sp³-hybridized carbons (Fsp3) is 0.500. The summed E-state index contributed by atoms with van der Waals surface area (Å²) in [7, 11) is 0. The van der Waals surface area contributed by atoms with Gasteiger partial charge in [0, 0.05) is 31.6 Å². The summed E-state index contributed by atoms with van der Waals surface area (Å²) in [6, 6.07) is 8.68. The minimum Gasteiger partial charge on any atom is -0.381 e. The summed E-state index contributed by atoms with van der Waals surface area (Å²) in [5, 5.41) is 12.3. The number of fused-ring (bicyclic) bond motifs is 1. The molecule has 2 aliphatic rings. The Kier molecular flexibility index (Phi) is 5.11. The SMILES string of the molecule is C1=C(CNc2ccc(Cc3nnc4n3CCCCC4)cc2)COCC1. The third kappa shape index (κ3) is 4.10. The monoisotopic (exact) mass is 338 g/mol. The van der Waals surface area contributed by atoms with E-state index in [9.17, 15) is 0 Å². The summed E-state index contributed by atoms with van der Waals surface area (Å²) in [6.45, 7) is 3.53. The van der Waals surface area contributed by atoms with Crippen LogP contribution >= 0.6 is 0 Å². The quantitative estimate of drug-likeness (QED) is 0.850. The van der Waals surface area contributed by atoms with E-state index in [4.69, 9.17) is 4.74 Å². The van der Waals surface area contributed by atoms with Crippen molar-refractivity contribution in [2.45, 2.75) is 45.1 Å². The van der Waals surface area contributed by atoms with E-state index in [1.165, 1.54) is 30.4 Å². The Bertz CT molecular complexity index is 733. The van der Waals surface area contributed by atoms with Crippen molar-refractivity contribution in [1.29, 1.82) is 0 Å². The van der Waals surface area contributed by atoms with Crippen LogP contribution in [0.2, 0.25) is 0 Å². The molecule has 5 heteroatoms. The minimum absolute atomic E-state index is 0.753. The molecule has 0 bridgehead atoms. The number of aromatic nitrogens is 3. The van der Waals surface area contributed by atoms with Crippen LogP contribution in [0.5, 0.6) is 0 Å². The standard InChI is InChI=1S/C20H26N4O/c1-2-6-19-22-23-20(24(19)11-3-1)13-16-7-9-18(10-8-16)21-14-17-5-4-12-25-15-17/h5,7-10,21H,1-4,6,11-15H2. The summed E-state index contributed by atoms with van der Waals surface area (Å²) in [5.74, 6) is 2.26. The van der Waals surface area contributed by atoms with Gasteiger partial charge in [0.05, 0.1) is 13.2 Å². The molecule has 4 rings (SSSR count). The minimum atomic E-state index is 0.753. The molecule has 0 saturated carbocycles. The van der Waals surface area contributed by atoms with Gasteiger partial charge < -0.3 is 14.6 Å². The normalized spacial score (nSPS) is 17.5. The molecule has 132 valence electrons. The van der Waals surface area contributed by atoms with Crippen molar-refractivity contribution < 1.29 is 4.74 Å². The predicted molar refractivity (Wildman–Crippen MR) is 98.8 cm³/mol. The van der Waals surface area contributed by atoms with Gasteiger partial charge in [-0.1, -0.05) is 24.6 Å². The highest BCUT2D eigenvalue weighted by molar-refractivity contribution is 5.46. The van der Waals surface area contributed by atoms with Crippen LogP contribution in [0.4, 0.5) is 5.69 Å². The molecule has 1 aromatic carbocycles. The van der Waals surface area contributed by atoms with Crippen LogP contribution in [0.15, 0.2) is 35.9 Å². The Morgan fingerprint density at radius 1 is 1.08 bits per heavy atom. The summed E-state index contributed by atoms with van der Waals surface area (Å²) in [4.78, 5) is 0. The van der Waals surface area contributed by atoms with Gasteiger partial charge in [0.2, 0.25) is 0 Å². The lowest BCUT2D eigenvalue weighted by Crippen LogP contribution is -2.14. The van der Waals surface area contributed by atoms with E-state index >= 15 is 0 Å². The van der Waals surface area contributed by atoms with Gasteiger partial charge in [0.1, 0.15) is 11.6 Å². The van der Waals surface area contributed by atoms with Crippen molar-refractivity contribution >= 4 is 5.69 Å². The van der Waals surface area contributed by atoms with Gasteiger partial charge in [-0.05, 0) is 42.5 Å². The maximum absolute atomic E-state index is 5.48. The summed E-state index contributed by atoms with van der Waals surface area (Å²) >= 11 is 0. The van der Waals surface area contributed by atoms with E-state index in [0.29, 0.717) is 0 Å². The number of ether oxygens (including phenoxy) is 1. The second-order valence-electron chi connectivity index (χ2n) is 6.93. The van der Waals surface area contributed by atoms with E-state index in [1.54, 1.807) is 0 Å². The first kappa shape index (κ1) is 16.3. The van der Waals surface area contributed by atoms with Gasteiger partial charge in [-0.25, -0.2) is 0 Å². The van der Waals surface area contributed by atoms with E-state index in [2.05, 4.69) is 50.4 Å². The Hall–Kier alpha value is -2.14. The van der Waals surface area contributed by atoms with Crippen molar-refractivity contribution in [3.05, 3.63) is 53.1 Å². The van der Waals surface area contributed by atoms with E-state index < -0.39 is 0 Å². The molecule has 2 aromatic rings. The number of nitrogens with zero attached hydrogens (tertiary/aromatic N) is 3. The Morgan fingerprint density at radius 2 is 2.00 bits per heavy atom. The van der Waals surface area contributed by atoms with Gasteiger partial charge >= 0.3 is 0 Å². The van der Waals surface area contributed by atoms with Crippen molar-refractivity contribution in [3.63, 3.8) is 0 Å². The van der Waals surface area contributed by atoms with Crippen LogP contribution in [-0.2, 0) is 24.1 Å². The Balaban J connectivity index is 1.37. The number of nitrogens with one attached hydrogen (secondary N) is 1. The largest absolute Gasteiger partial charge is 0.381 e. The highest BCUT2D eigenvalue weighted by Crippen LogP contribution is 2.18. The summed E-state index contributed by atoms with van der Waals surface area (Å²) in [6.07, 6.45) is 8.99. The highest BCUT2D eigenvalue weighted by Gasteiger charge is 2.14. The molecule has 3 heterocycles. The number of benzene rings is 1. The maximum atomic E-state index is 5.48. The Labute approximate surface area is 149 Å². The molecule has 2 aliphatic heterocycles. The second-order valence-corrected chi connectivity index (χ2v) is 6.93. The van der Waals surface area contributed by atoms with Crippen LogP contribution in [-0.4, -0.2) is 34.5 Å². The van der Waals surface area contributed by atoms with Gasteiger partial charge in [-0.3, -0.25) is 0 Å². The van der Waals surface area contributed by atoms with Crippen LogP contribution in [0.25, 0.3) is 0 Å². The lowest BCUT2D eigenvalue weighted by atomic mass is 10.1. The van der Waals surface area contributed by atoms with E-state index in [-0.39, 0.29) is 0 Å². The van der Waals surface area contributed by atoms with Crippen LogP contribution in [0.3, 0.4) is 0 Å². The van der Waals surface area contributed by atoms with Crippen molar-refractivity contribution in [1.82, 2.24) is 14.8 Å². The number of rotatable bonds is 5. The molecular formula is C20H26N4O. The zero-order chi connectivity index (χ0) is 16.9. The Morgan fingerprint density at radius 3 is 2.84 bits per heavy atom. The highest BCUT2D eigenvalue weighted by atomic mass is 16.5. The molecule has 0 saturated heterocycles. The lowest BCUT2D eigenvalue weighted by Gasteiger charge is -2.15. The molecule has 25 heavy (non-hydrogen) atoms. The predicted octanol–water partition coefficient (Wildman–Crippen LogP) is 3.35. The van der Waals surface area contributed by atoms with Gasteiger partial charge in [-0.15, -0.1) is 10.2 Å². The average molecular weight is 338 g/mol. The zero-order valence-corrected chi connectivity index (χ0v) is 14.7. The van der Waals surface area contributed by atoms with Crippen molar-refractivity contribution in [3.8, 4) is 0 Å². The van der Waals surface area contributed by atoms with E-state index in [1.807, 2.05) is 0 Å². The van der Waals surface area contributed by atoms with Crippen molar-refractivity contribution in [2.75, 3.05) is 25.1 Å². The number of hydrogen-bond donors (Lipinski definition) is 1. The third-order valence-corrected chi connectivity index (χ3v) is 5.00. The number of anilines is 1. The van der Waals surface area contributed by atoms with Crippen molar-refractivity contribution in [2.24, 2.45) is 0 Å².